The maximum absolute atomic E-state index is 5.74. The zero-order valence-electron chi connectivity index (χ0n) is 3.87. The minimum atomic E-state index is 0.0571. The van der Waals surface area contributed by atoms with E-state index in [9.17, 15) is 0 Å². The monoisotopic (exact) mass is 144 g/mol. The zero-order valence-corrected chi connectivity index (χ0v) is 6.63. The van der Waals surface area contributed by atoms with E-state index in [1.807, 2.05) is 0 Å². The molecule has 36 valence electrons. The Morgan fingerprint density at radius 1 is 1.57 bits per heavy atom. The average Bonchev–Trinajstić information content (AvgIpc) is 1.63. The van der Waals surface area contributed by atoms with Crippen LogP contribution in [0.15, 0.2) is 0 Å². The van der Waals surface area contributed by atoms with Gasteiger partial charge < -0.3 is 0 Å². The lowest BCUT2D eigenvalue weighted by Gasteiger charge is -2.39. The Morgan fingerprint density at radius 2 is 2.00 bits per heavy atom. The van der Waals surface area contributed by atoms with E-state index in [4.69, 9.17) is 11.6 Å². The van der Waals surface area contributed by atoms with Crippen molar-refractivity contribution < 1.29 is 0 Å². The number of hydrogen-bond acceptors (Lipinski definition) is 0. The Bertz CT molecular complexity index is 81.8. The first-order chi connectivity index (χ1) is 3.13. The standard InChI is InChI=1S/C4H5ClSi2/c5-3-1-2-4(3,6)7/h3H,1-2H2. The lowest BCUT2D eigenvalue weighted by Crippen LogP contribution is -2.35. The van der Waals surface area contributed by atoms with Crippen molar-refractivity contribution in [2.75, 3.05) is 0 Å². The van der Waals surface area contributed by atoms with Gasteiger partial charge in [0.2, 0.25) is 0 Å². The first-order valence-electron chi connectivity index (χ1n) is 2.27. The van der Waals surface area contributed by atoms with E-state index in [-0.39, 0.29) is 10.0 Å². The van der Waals surface area contributed by atoms with Crippen LogP contribution in [0.25, 0.3) is 0 Å². The molecule has 0 saturated heterocycles. The van der Waals surface area contributed by atoms with Crippen LogP contribution in [0.1, 0.15) is 12.8 Å². The molecule has 1 aliphatic carbocycles. The highest BCUT2D eigenvalue weighted by Gasteiger charge is 2.36. The molecular formula is C4H5ClSi2. The van der Waals surface area contributed by atoms with Gasteiger partial charge in [0, 0.05) is 25.9 Å². The predicted molar refractivity (Wildman–Crippen MR) is 33.1 cm³/mol. The highest BCUT2D eigenvalue weighted by molar-refractivity contribution is 6.46. The minimum absolute atomic E-state index is 0.0571. The molecule has 1 atom stereocenters. The van der Waals surface area contributed by atoms with Gasteiger partial charge in [-0.25, -0.2) is 0 Å². The quantitative estimate of drug-likeness (QED) is 0.349. The first kappa shape index (κ1) is 5.85. The molecule has 6 radical (unpaired) electrons. The Kier molecular flexibility index (Phi) is 1.34. The van der Waals surface area contributed by atoms with Crippen LogP contribution >= 0.6 is 11.6 Å². The van der Waals surface area contributed by atoms with Crippen molar-refractivity contribution in [3.8, 4) is 0 Å². The van der Waals surface area contributed by atoms with Crippen LogP contribution in [-0.2, 0) is 0 Å². The largest absolute Gasteiger partial charge is 0.123 e. The highest BCUT2D eigenvalue weighted by atomic mass is 35.5. The summed E-state index contributed by atoms with van der Waals surface area (Å²) in [4.78, 5) is 0. The summed E-state index contributed by atoms with van der Waals surface area (Å²) in [6.07, 6.45) is 2.25. The fraction of sp³-hybridized carbons (Fsp3) is 1.00. The van der Waals surface area contributed by atoms with Gasteiger partial charge in [0.05, 0.1) is 0 Å². The molecule has 0 aromatic heterocycles. The molecule has 0 heterocycles. The van der Waals surface area contributed by atoms with Crippen LogP contribution in [0.5, 0.6) is 0 Å². The second-order valence-corrected chi connectivity index (χ2v) is 4.79. The summed E-state index contributed by atoms with van der Waals surface area (Å²) < 4.78 is 0.0571. The van der Waals surface area contributed by atoms with Crippen LogP contribution < -0.4 is 0 Å². The third kappa shape index (κ3) is 0.927. The van der Waals surface area contributed by atoms with Gasteiger partial charge in [0.15, 0.2) is 0 Å². The second kappa shape index (κ2) is 1.60. The van der Waals surface area contributed by atoms with Crippen molar-refractivity contribution in [2.45, 2.75) is 22.9 Å². The lowest BCUT2D eigenvalue weighted by atomic mass is 9.97. The number of rotatable bonds is 0. The smallest absolute Gasteiger partial charge is 0.0331 e. The molecule has 0 aliphatic heterocycles. The predicted octanol–water partition coefficient (Wildman–Crippen LogP) is 0.841. The second-order valence-electron chi connectivity index (χ2n) is 1.98. The van der Waals surface area contributed by atoms with Gasteiger partial charge in [-0.05, 0) is 11.1 Å². The topological polar surface area (TPSA) is 0 Å². The van der Waals surface area contributed by atoms with Crippen molar-refractivity contribution in [3.05, 3.63) is 0 Å². The van der Waals surface area contributed by atoms with Gasteiger partial charge in [0.25, 0.3) is 0 Å². The normalized spacial score (nSPS) is 37.3. The number of hydrogen-bond donors (Lipinski definition) is 0. The van der Waals surface area contributed by atoms with Crippen molar-refractivity contribution in [1.29, 1.82) is 0 Å². The SMILES string of the molecule is [Si]C1([Si])CCC1Cl. The summed E-state index contributed by atoms with van der Waals surface area (Å²) in [5.41, 5.74) is 0. The Hall–Kier alpha value is 0.724. The van der Waals surface area contributed by atoms with Gasteiger partial charge in [0.1, 0.15) is 0 Å². The maximum atomic E-state index is 5.74. The van der Waals surface area contributed by atoms with E-state index in [1.165, 1.54) is 0 Å². The Morgan fingerprint density at radius 3 is 2.00 bits per heavy atom. The van der Waals surface area contributed by atoms with E-state index < -0.39 is 0 Å². The third-order valence-electron chi connectivity index (χ3n) is 1.33. The molecule has 0 aromatic rings. The van der Waals surface area contributed by atoms with E-state index in [0.29, 0.717) is 0 Å². The third-order valence-corrected chi connectivity index (χ3v) is 3.48. The molecule has 7 heavy (non-hydrogen) atoms. The van der Waals surface area contributed by atoms with E-state index in [2.05, 4.69) is 20.5 Å². The van der Waals surface area contributed by atoms with Crippen molar-refractivity contribution in [1.82, 2.24) is 0 Å². The molecule has 0 aromatic carbocycles. The molecule has 0 N–H and O–H groups in total. The molecule has 1 fully saturated rings. The molecule has 1 saturated carbocycles. The van der Waals surface area contributed by atoms with Crippen molar-refractivity contribution in [2.24, 2.45) is 0 Å². The van der Waals surface area contributed by atoms with Crippen molar-refractivity contribution >= 4 is 32.1 Å². The molecule has 0 bridgehead atoms. The lowest BCUT2D eigenvalue weighted by molar-refractivity contribution is 0.465. The molecule has 1 rings (SSSR count). The van der Waals surface area contributed by atoms with Gasteiger partial charge >= 0.3 is 0 Å². The van der Waals surface area contributed by atoms with Crippen LogP contribution in [0.4, 0.5) is 0 Å². The Labute approximate surface area is 55.5 Å². The zero-order chi connectivity index (χ0) is 5.49. The number of halogens is 1. The van der Waals surface area contributed by atoms with Crippen LogP contribution in [0.3, 0.4) is 0 Å². The maximum Gasteiger partial charge on any atom is 0.0331 e. The molecule has 0 amide bonds. The van der Waals surface area contributed by atoms with Gasteiger partial charge in [-0.2, -0.15) is 0 Å². The molecule has 0 spiro atoms. The first-order valence-corrected chi connectivity index (χ1v) is 3.71. The van der Waals surface area contributed by atoms with E-state index >= 15 is 0 Å². The summed E-state index contributed by atoms with van der Waals surface area (Å²) in [7, 11) is 6.92. The minimum Gasteiger partial charge on any atom is -0.123 e. The summed E-state index contributed by atoms with van der Waals surface area (Å²) in [5, 5.41) is 0.279. The number of alkyl halides is 1. The van der Waals surface area contributed by atoms with Crippen LogP contribution in [0, 0.1) is 0 Å². The van der Waals surface area contributed by atoms with E-state index in [1.54, 1.807) is 0 Å². The van der Waals surface area contributed by atoms with Crippen molar-refractivity contribution in [3.63, 3.8) is 0 Å². The summed E-state index contributed by atoms with van der Waals surface area (Å²) in [6.45, 7) is 0. The van der Waals surface area contributed by atoms with Gasteiger partial charge in [-0.3, -0.25) is 0 Å². The molecule has 1 unspecified atom stereocenters. The molecular weight excluding hydrogens is 140 g/mol. The summed E-state index contributed by atoms with van der Waals surface area (Å²) >= 11 is 5.74. The summed E-state index contributed by atoms with van der Waals surface area (Å²) in [5.74, 6) is 0. The highest BCUT2D eigenvalue weighted by Crippen LogP contribution is 2.45. The van der Waals surface area contributed by atoms with Crippen LogP contribution in [0.2, 0.25) is 4.66 Å². The molecule has 0 nitrogen and oxygen atoms in total. The van der Waals surface area contributed by atoms with Crippen LogP contribution in [-0.4, -0.2) is 25.9 Å². The summed E-state index contributed by atoms with van der Waals surface area (Å²) in [6, 6.07) is 0. The average molecular weight is 145 g/mol. The van der Waals surface area contributed by atoms with E-state index in [0.717, 1.165) is 12.8 Å². The van der Waals surface area contributed by atoms with Gasteiger partial charge in [-0.1, -0.05) is 6.42 Å². The van der Waals surface area contributed by atoms with Gasteiger partial charge in [-0.15, -0.1) is 11.6 Å². The molecule has 1 aliphatic rings. The fourth-order valence-electron chi connectivity index (χ4n) is 0.542. The Balaban J connectivity index is 2.43. The fourth-order valence-corrected chi connectivity index (χ4v) is 1.34. The molecule has 3 heteroatoms.